The highest BCUT2D eigenvalue weighted by atomic mass is 35.5. The molecular formula is C19H16ClNO7. The van der Waals surface area contributed by atoms with Gasteiger partial charge in [0.1, 0.15) is 17.1 Å². The lowest BCUT2D eigenvalue weighted by Gasteiger charge is -2.34. The summed E-state index contributed by atoms with van der Waals surface area (Å²) in [5.41, 5.74) is 0.434. The van der Waals surface area contributed by atoms with Crippen LogP contribution in [0.3, 0.4) is 0 Å². The second kappa shape index (κ2) is 7.47. The lowest BCUT2D eigenvalue weighted by molar-refractivity contribution is -0.135. The predicted octanol–water partition coefficient (Wildman–Crippen LogP) is 3.19. The minimum absolute atomic E-state index is 0.0367. The summed E-state index contributed by atoms with van der Waals surface area (Å²) >= 11 is 6.12. The molecule has 0 saturated heterocycles. The Hall–Kier alpha value is -3.13. The molecule has 0 saturated carbocycles. The van der Waals surface area contributed by atoms with Gasteiger partial charge in [-0.3, -0.25) is 19.3 Å². The van der Waals surface area contributed by atoms with Gasteiger partial charge < -0.3 is 14.2 Å². The summed E-state index contributed by atoms with van der Waals surface area (Å²) in [4.78, 5) is 49.0. The lowest BCUT2D eigenvalue weighted by Crippen LogP contribution is -2.34. The SMILES string of the molecule is CC(=O)OC(=O)c1c(OC(C)=O)ccc2c1OC1=C(C=C(Cl)CC1)N2C(C)=O. The third kappa shape index (κ3) is 3.63. The monoisotopic (exact) mass is 405 g/mol. The Balaban J connectivity index is 2.23. The molecule has 9 heteroatoms. The van der Waals surface area contributed by atoms with E-state index < -0.39 is 17.9 Å². The van der Waals surface area contributed by atoms with Crippen LogP contribution in [-0.2, 0) is 19.1 Å². The van der Waals surface area contributed by atoms with Crippen LogP contribution >= 0.6 is 11.6 Å². The highest BCUT2D eigenvalue weighted by molar-refractivity contribution is 6.30. The molecule has 1 aliphatic heterocycles. The van der Waals surface area contributed by atoms with Gasteiger partial charge in [0.05, 0.1) is 11.4 Å². The van der Waals surface area contributed by atoms with Crippen molar-refractivity contribution in [1.82, 2.24) is 0 Å². The van der Waals surface area contributed by atoms with Crippen molar-refractivity contribution < 1.29 is 33.4 Å². The number of esters is 3. The molecule has 0 spiro atoms. The molecule has 8 nitrogen and oxygen atoms in total. The molecule has 0 aromatic heterocycles. The maximum atomic E-state index is 12.6. The highest BCUT2D eigenvalue weighted by Gasteiger charge is 2.36. The average molecular weight is 406 g/mol. The zero-order valence-corrected chi connectivity index (χ0v) is 16.1. The van der Waals surface area contributed by atoms with Gasteiger partial charge in [-0.1, -0.05) is 11.6 Å². The molecule has 0 atom stereocenters. The standard InChI is InChI=1S/C19H16ClNO7/c1-9(22)21-13-5-7-16(26-10(2)23)17(19(25)27-11(3)24)18(13)28-15-6-4-12(20)8-14(15)21/h5,7-8H,4,6H2,1-3H3. The van der Waals surface area contributed by atoms with Crippen molar-refractivity contribution in [3.05, 3.63) is 40.3 Å². The largest absolute Gasteiger partial charge is 0.456 e. The summed E-state index contributed by atoms with van der Waals surface area (Å²) in [7, 11) is 0. The Labute approximate surface area is 165 Å². The fourth-order valence-corrected chi connectivity index (χ4v) is 3.19. The molecule has 0 radical (unpaired) electrons. The molecule has 1 aliphatic carbocycles. The van der Waals surface area contributed by atoms with Gasteiger partial charge in [0.2, 0.25) is 5.91 Å². The van der Waals surface area contributed by atoms with Gasteiger partial charge in [-0.25, -0.2) is 4.79 Å². The van der Waals surface area contributed by atoms with E-state index in [4.69, 9.17) is 21.1 Å². The van der Waals surface area contributed by atoms with Crippen molar-refractivity contribution in [2.24, 2.45) is 0 Å². The minimum atomic E-state index is -1.06. The quantitative estimate of drug-likeness (QED) is 0.423. The van der Waals surface area contributed by atoms with Crippen LogP contribution in [0.1, 0.15) is 44.0 Å². The number of rotatable bonds is 2. The maximum Gasteiger partial charge on any atom is 0.353 e. The predicted molar refractivity (Wildman–Crippen MR) is 97.8 cm³/mol. The number of carbonyl (C=O) groups excluding carboxylic acids is 4. The number of halogens is 1. The molecule has 0 fully saturated rings. The van der Waals surface area contributed by atoms with Crippen molar-refractivity contribution >= 4 is 41.1 Å². The number of amides is 1. The summed E-state index contributed by atoms with van der Waals surface area (Å²) in [5.74, 6) is -2.68. The number of nitrogens with zero attached hydrogens (tertiary/aromatic N) is 1. The van der Waals surface area contributed by atoms with Crippen molar-refractivity contribution in [3.8, 4) is 11.5 Å². The number of ether oxygens (including phenoxy) is 3. The van der Waals surface area contributed by atoms with Gasteiger partial charge in [0.15, 0.2) is 5.75 Å². The first-order chi connectivity index (χ1) is 13.2. The van der Waals surface area contributed by atoms with Gasteiger partial charge in [-0.05, 0) is 24.6 Å². The van der Waals surface area contributed by atoms with Crippen molar-refractivity contribution in [2.45, 2.75) is 33.6 Å². The van der Waals surface area contributed by atoms with Crippen LogP contribution in [-0.4, -0.2) is 23.8 Å². The van der Waals surface area contributed by atoms with Crippen LogP contribution in [0.4, 0.5) is 5.69 Å². The molecule has 0 N–H and O–H groups in total. The topological polar surface area (TPSA) is 99.2 Å². The highest BCUT2D eigenvalue weighted by Crippen LogP contribution is 2.47. The van der Waals surface area contributed by atoms with Gasteiger partial charge in [0.25, 0.3) is 0 Å². The maximum absolute atomic E-state index is 12.6. The molecule has 0 bridgehead atoms. The number of fused-ring (bicyclic) bond motifs is 1. The average Bonchev–Trinajstić information content (AvgIpc) is 2.58. The summed E-state index contributed by atoms with van der Waals surface area (Å²) in [6, 6.07) is 2.80. The molecule has 146 valence electrons. The van der Waals surface area contributed by atoms with E-state index in [1.165, 1.54) is 24.0 Å². The molecule has 1 heterocycles. The van der Waals surface area contributed by atoms with E-state index in [0.717, 1.165) is 13.8 Å². The Bertz CT molecular complexity index is 977. The number of allylic oxidation sites excluding steroid dienone is 3. The van der Waals surface area contributed by atoms with Crippen LogP contribution in [0, 0.1) is 0 Å². The van der Waals surface area contributed by atoms with Crippen LogP contribution < -0.4 is 14.4 Å². The molecule has 2 aliphatic rings. The molecule has 3 rings (SSSR count). The Morgan fingerprint density at radius 3 is 2.39 bits per heavy atom. The van der Waals surface area contributed by atoms with Crippen LogP contribution in [0.25, 0.3) is 0 Å². The first kappa shape index (κ1) is 19.6. The minimum Gasteiger partial charge on any atom is -0.456 e. The van der Waals surface area contributed by atoms with E-state index >= 15 is 0 Å². The number of anilines is 1. The summed E-state index contributed by atoms with van der Waals surface area (Å²) in [6.45, 7) is 3.58. The molecule has 0 unspecified atom stereocenters. The molecule has 1 amide bonds. The van der Waals surface area contributed by atoms with Gasteiger partial charge >= 0.3 is 17.9 Å². The van der Waals surface area contributed by atoms with Crippen LogP contribution in [0.5, 0.6) is 11.5 Å². The summed E-state index contributed by atoms with van der Waals surface area (Å²) < 4.78 is 15.7. The second-order valence-electron chi connectivity index (χ2n) is 6.12. The normalized spacial score (nSPS) is 15.0. The van der Waals surface area contributed by atoms with E-state index in [-0.39, 0.29) is 28.7 Å². The zero-order valence-electron chi connectivity index (χ0n) is 15.3. The first-order valence-electron chi connectivity index (χ1n) is 8.35. The van der Waals surface area contributed by atoms with Crippen molar-refractivity contribution in [1.29, 1.82) is 0 Å². The van der Waals surface area contributed by atoms with E-state index in [1.807, 2.05) is 0 Å². The van der Waals surface area contributed by atoms with Gasteiger partial charge in [0, 0.05) is 32.2 Å². The Morgan fingerprint density at radius 2 is 1.79 bits per heavy atom. The fraction of sp³-hybridized carbons (Fsp3) is 0.263. The van der Waals surface area contributed by atoms with E-state index in [9.17, 15) is 19.2 Å². The third-order valence-electron chi connectivity index (χ3n) is 3.98. The molecular weight excluding hydrogens is 390 g/mol. The van der Waals surface area contributed by atoms with Crippen LogP contribution in [0.2, 0.25) is 0 Å². The summed E-state index contributed by atoms with van der Waals surface area (Å²) in [5, 5.41) is 0.560. The van der Waals surface area contributed by atoms with E-state index in [2.05, 4.69) is 4.74 Å². The van der Waals surface area contributed by atoms with Crippen molar-refractivity contribution in [3.63, 3.8) is 0 Å². The number of carbonyl (C=O) groups is 4. The fourth-order valence-electron chi connectivity index (χ4n) is 2.99. The first-order valence-corrected chi connectivity index (χ1v) is 8.72. The molecule has 28 heavy (non-hydrogen) atoms. The lowest BCUT2D eigenvalue weighted by atomic mass is 10.0. The number of benzene rings is 1. The number of hydrogen-bond donors (Lipinski definition) is 0. The summed E-state index contributed by atoms with van der Waals surface area (Å²) in [6.07, 6.45) is 2.52. The smallest absolute Gasteiger partial charge is 0.353 e. The Kier molecular flexibility index (Phi) is 5.24. The Morgan fingerprint density at radius 1 is 1.07 bits per heavy atom. The molecule has 1 aromatic carbocycles. The van der Waals surface area contributed by atoms with E-state index in [0.29, 0.717) is 29.3 Å². The third-order valence-corrected chi connectivity index (χ3v) is 4.28. The van der Waals surface area contributed by atoms with Gasteiger partial charge in [-0.2, -0.15) is 0 Å². The van der Waals surface area contributed by atoms with Gasteiger partial charge in [-0.15, -0.1) is 0 Å². The number of hydrogen-bond acceptors (Lipinski definition) is 7. The second-order valence-corrected chi connectivity index (χ2v) is 6.60. The van der Waals surface area contributed by atoms with Crippen LogP contribution in [0.15, 0.2) is 34.7 Å². The van der Waals surface area contributed by atoms with E-state index in [1.54, 1.807) is 6.08 Å². The van der Waals surface area contributed by atoms with Crippen molar-refractivity contribution in [2.75, 3.05) is 4.90 Å². The molecule has 1 aromatic rings. The zero-order chi connectivity index (χ0) is 20.6.